The Labute approximate surface area is 98.0 Å². The average Bonchev–Trinajstić information content (AvgIpc) is 2.87. The highest BCUT2D eigenvalue weighted by Crippen LogP contribution is 2.16. The number of amides is 1. The predicted molar refractivity (Wildman–Crippen MR) is 64.3 cm³/mol. The van der Waals surface area contributed by atoms with Crippen LogP contribution in [0.3, 0.4) is 0 Å². The van der Waals surface area contributed by atoms with Gasteiger partial charge in [0.05, 0.1) is 6.04 Å². The molecular formula is C12H23N3O. The summed E-state index contributed by atoms with van der Waals surface area (Å²) in [5.41, 5.74) is 0. The zero-order valence-electron chi connectivity index (χ0n) is 10.4. The molecule has 2 rings (SSSR count). The molecule has 1 amide bonds. The molecule has 0 radical (unpaired) electrons. The second-order valence-electron chi connectivity index (χ2n) is 5.02. The minimum atomic E-state index is 0.0565. The molecule has 1 N–H and O–H groups in total. The maximum absolute atomic E-state index is 12.0. The van der Waals surface area contributed by atoms with Crippen LogP contribution in [0.4, 0.5) is 0 Å². The highest BCUT2D eigenvalue weighted by molar-refractivity contribution is 5.84. The van der Waals surface area contributed by atoms with Gasteiger partial charge in [-0.05, 0) is 46.3 Å². The van der Waals surface area contributed by atoms with Gasteiger partial charge in [0.15, 0.2) is 0 Å². The van der Waals surface area contributed by atoms with Gasteiger partial charge < -0.3 is 15.1 Å². The molecule has 4 heteroatoms. The van der Waals surface area contributed by atoms with Crippen LogP contribution in [-0.4, -0.2) is 61.0 Å². The first-order chi connectivity index (χ1) is 7.72. The maximum Gasteiger partial charge on any atom is 0.240 e. The Morgan fingerprint density at radius 3 is 2.62 bits per heavy atom. The normalized spacial score (nSPS) is 29.0. The molecule has 0 bridgehead atoms. The molecule has 16 heavy (non-hydrogen) atoms. The average molecular weight is 225 g/mol. The monoisotopic (exact) mass is 225 g/mol. The molecule has 2 atom stereocenters. The lowest BCUT2D eigenvalue weighted by Crippen LogP contribution is -2.45. The van der Waals surface area contributed by atoms with Crippen LogP contribution >= 0.6 is 0 Å². The van der Waals surface area contributed by atoms with E-state index in [1.165, 1.54) is 25.9 Å². The van der Waals surface area contributed by atoms with Gasteiger partial charge in [0.2, 0.25) is 5.91 Å². The van der Waals surface area contributed by atoms with E-state index in [2.05, 4.69) is 17.1 Å². The lowest BCUT2D eigenvalue weighted by atomic mass is 10.2. The second kappa shape index (κ2) is 5.15. The summed E-state index contributed by atoms with van der Waals surface area (Å²) >= 11 is 0. The molecule has 0 aromatic rings. The molecule has 0 spiro atoms. The molecular weight excluding hydrogens is 202 g/mol. The quantitative estimate of drug-likeness (QED) is 0.747. The van der Waals surface area contributed by atoms with Crippen LogP contribution in [-0.2, 0) is 4.79 Å². The van der Waals surface area contributed by atoms with E-state index in [9.17, 15) is 4.79 Å². The molecule has 2 fully saturated rings. The molecule has 0 aliphatic carbocycles. The summed E-state index contributed by atoms with van der Waals surface area (Å²) in [4.78, 5) is 16.5. The molecule has 2 aliphatic rings. The fourth-order valence-electron chi connectivity index (χ4n) is 2.84. The Kier molecular flexibility index (Phi) is 3.82. The number of carbonyl (C=O) groups excluding carboxylic acids is 1. The summed E-state index contributed by atoms with van der Waals surface area (Å²) in [5, 5.41) is 3.09. The van der Waals surface area contributed by atoms with Gasteiger partial charge in [-0.25, -0.2) is 0 Å². The molecule has 92 valence electrons. The highest BCUT2D eigenvalue weighted by atomic mass is 16.2. The molecule has 4 nitrogen and oxygen atoms in total. The van der Waals surface area contributed by atoms with Gasteiger partial charge in [0, 0.05) is 19.1 Å². The number of likely N-dealkylation sites (tertiary alicyclic amines) is 2. The van der Waals surface area contributed by atoms with Gasteiger partial charge in [-0.1, -0.05) is 0 Å². The minimum absolute atomic E-state index is 0.0565. The number of hydrogen-bond acceptors (Lipinski definition) is 3. The Morgan fingerprint density at radius 2 is 2.06 bits per heavy atom. The second-order valence-corrected chi connectivity index (χ2v) is 5.02. The van der Waals surface area contributed by atoms with Gasteiger partial charge >= 0.3 is 0 Å². The van der Waals surface area contributed by atoms with Crippen molar-refractivity contribution in [2.24, 2.45) is 0 Å². The molecule has 0 aromatic carbocycles. The predicted octanol–water partition coefficient (Wildman–Crippen LogP) is 0.291. The van der Waals surface area contributed by atoms with Gasteiger partial charge in [0.1, 0.15) is 0 Å². The Morgan fingerprint density at radius 1 is 1.38 bits per heavy atom. The standard InChI is InChI=1S/C12H23N3O/c1-10(9-14-6-3-4-7-14)15-8-5-11(13-2)12(15)16/h10-11,13H,3-9H2,1-2H3. The zero-order valence-corrected chi connectivity index (χ0v) is 10.4. The Hall–Kier alpha value is -0.610. The van der Waals surface area contributed by atoms with Crippen molar-refractivity contribution in [3.63, 3.8) is 0 Å². The van der Waals surface area contributed by atoms with Crippen LogP contribution in [0.5, 0.6) is 0 Å². The SMILES string of the molecule is CNC1CCN(C(C)CN2CCCC2)C1=O. The zero-order chi connectivity index (χ0) is 11.5. The largest absolute Gasteiger partial charge is 0.337 e. The van der Waals surface area contributed by atoms with Crippen LogP contribution in [0.15, 0.2) is 0 Å². The molecule has 0 saturated carbocycles. The number of rotatable bonds is 4. The first-order valence-corrected chi connectivity index (χ1v) is 6.42. The third-order valence-electron chi connectivity index (χ3n) is 3.84. The molecule has 2 saturated heterocycles. The molecule has 0 aromatic heterocycles. The minimum Gasteiger partial charge on any atom is -0.337 e. The smallest absolute Gasteiger partial charge is 0.240 e. The summed E-state index contributed by atoms with van der Waals surface area (Å²) in [5.74, 6) is 0.286. The van der Waals surface area contributed by atoms with Crippen LogP contribution in [0, 0.1) is 0 Å². The van der Waals surface area contributed by atoms with Crippen molar-refractivity contribution in [1.82, 2.24) is 15.1 Å². The van der Waals surface area contributed by atoms with E-state index in [-0.39, 0.29) is 11.9 Å². The van der Waals surface area contributed by atoms with Crippen LogP contribution in [0.1, 0.15) is 26.2 Å². The van der Waals surface area contributed by atoms with E-state index in [1.807, 2.05) is 11.9 Å². The van der Waals surface area contributed by atoms with Crippen LogP contribution in [0.2, 0.25) is 0 Å². The number of hydrogen-bond donors (Lipinski definition) is 1. The van der Waals surface area contributed by atoms with Crippen molar-refractivity contribution < 1.29 is 4.79 Å². The first-order valence-electron chi connectivity index (χ1n) is 6.42. The van der Waals surface area contributed by atoms with E-state index < -0.39 is 0 Å². The summed E-state index contributed by atoms with van der Waals surface area (Å²) in [6, 6.07) is 0.421. The van der Waals surface area contributed by atoms with Crippen LogP contribution < -0.4 is 5.32 Å². The lowest BCUT2D eigenvalue weighted by Gasteiger charge is -2.28. The van der Waals surface area contributed by atoms with Crippen molar-refractivity contribution in [3.05, 3.63) is 0 Å². The van der Waals surface area contributed by atoms with Gasteiger partial charge in [-0.3, -0.25) is 4.79 Å². The Balaban J connectivity index is 1.85. The number of nitrogens with one attached hydrogen (secondary N) is 1. The van der Waals surface area contributed by atoms with E-state index in [0.717, 1.165) is 19.5 Å². The fourth-order valence-corrected chi connectivity index (χ4v) is 2.84. The van der Waals surface area contributed by atoms with E-state index in [4.69, 9.17) is 0 Å². The molecule has 2 aliphatic heterocycles. The third kappa shape index (κ3) is 2.38. The van der Waals surface area contributed by atoms with Crippen molar-refractivity contribution >= 4 is 5.91 Å². The van der Waals surface area contributed by atoms with Gasteiger partial charge in [-0.15, -0.1) is 0 Å². The van der Waals surface area contributed by atoms with E-state index in [1.54, 1.807) is 0 Å². The van der Waals surface area contributed by atoms with Crippen molar-refractivity contribution in [2.75, 3.05) is 33.2 Å². The molecule has 2 heterocycles. The number of carbonyl (C=O) groups is 1. The van der Waals surface area contributed by atoms with E-state index in [0.29, 0.717) is 6.04 Å². The summed E-state index contributed by atoms with van der Waals surface area (Å²) in [6.45, 7) is 6.55. The number of likely N-dealkylation sites (N-methyl/N-ethyl adjacent to an activating group) is 1. The third-order valence-corrected chi connectivity index (χ3v) is 3.84. The fraction of sp³-hybridized carbons (Fsp3) is 0.917. The summed E-state index contributed by atoms with van der Waals surface area (Å²) < 4.78 is 0. The topological polar surface area (TPSA) is 35.6 Å². The summed E-state index contributed by atoms with van der Waals surface area (Å²) in [6.07, 6.45) is 3.60. The summed E-state index contributed by atoms with van der Waals surface area (Å²) in [7, 11) is 1.87. The van der Waals surface area contributed by atoms with Crippen molar-refractivity contribution in [3.8, 4) is 0 Å². The first kappa shape index (κ1) is 11.9. The lowest BCUT2D eigenvalue weighted by molar-refractivity contribution is -0.131. The number of nitrogens with zero attached hydrogens (tertiary/aromatic N) is 2. The van der Waals surface area contributed by atoms with Crippen LogP contribution in [0.25, 0.3) is 0 Å². The van der Waals surface area contributed by atoms with E-state index >= 15 is 0 Å². The Bertz CT molecular complexity index is 251. The highest BCUT2D eigenvalue weighted by Gasteiger charge is 2.33. The maximum atomic E-state index is 12.0. The molecule has 2 unspecified atom stereocenters. The van der Waals surface area contributed by atoms with Crippen molar-refractivity contribution in [1.29, 1.82) is 0 Å². The van der Waals surface area contributed by atoms with Gasteiger partial charge in [0.25, 0.3) is 0 Å². The van der Waals surface area contributed by atoms with Crippen molar-refractivity contribution in [2.45, 2.75) is 38.3 Å². The van der Waals surface area contributed by atoms with Gasteiger partial charge in [-0.2, -0.15) is 0 Å².